The molecule has 1 aliphatic rings. The predicted molar refractivity (Wildman–Crippen MR) is 100 cm³/mol. The van der Waals surface area contributed by atoms with Gasteiger partial charge in [-0.1, -0.05) is 17.7 Å². The molecule has 1 unspecified atom stereocenters. The maximum Gasteiger partial charge on any atom is 0.573 e. The minimum atomic E-state index is -4.77. The molecule has 0 saturated carbocycles. The summed E-state index contributed by atoms with van der Waals surface area (Å²) in [6, 6.07) is 4.21. The molecule has 1 aromatic rings. The number of hydrogen-bond acceptors (Lipinski definition) is 4. The Balaban J connectivity index is 1.71. The van der Waals surface area contributed by atoms with Gasteiger partial charge in [-0.15, -0.1) is 13.2 Å². The van der Waals surface area contributed by atoms with Gasteiger partial charge in [0.2, 0.25) is 0 Å². The van der Waals surface area contributed by atoms with Gasteiger partial charge in [-0.3, -0.25) is 0 Å². The van der Waals surface area contributed by atoms with Gasteiger partial charge < -0.3 is 19.7 Å². The van der Waals surface area contributed by atoms with Gasteiger partial charge in [0.25, 0.3) is 0 Å². The Kier molecular flexibility index (Phi) is 7.45. The maximum absolute atomic E-state index is 12.3. The molecule has 1 aromatic carbocycles. The first-order chi connectivity index (χ1) is 12.9. The summed E-state index contributed by atoms with van der Waals surface area (Å²) in [7, 11) is 0. The second-order valence-electron chi connectivity index (χ2n) is 7.86. The zero-order valence-corrected chi connectivity index (χ0v) is 17.0. The molecular formula is C19H26ClF3N2O3. The number of benzene rings is 1. The molecule has 158 valence electrons. The Bertz CT molecular complexity index is 677. The minimum Gasteiger partial charge on any atom is -0.444 e. The SMILES string of the molecule is CC(C)(C)OC(=O)N1CCC(CCNCc2ccc(OC(F)(F)F)c(Cl)c2)C1. The molecule has 0 spiro atoms. The molecule has 1 atom stereocenters. The molecule has 2 rings (SSSR count). The Hall–Kier alpha value is -1.67. The third-order valence-corrected chi connectivity index (χ3v) is 4.51. The first kappa shape index (κ1) is 22.6. The van der Waals surface area contributed by atoms with E-state index >= 15 is 0 Å². The van der Waals surface area contributed by atoms with Crippen LogP contribution in [0, 0.1) is 5.92 Å². The number of likely N-dealkylation sites (tertiary alicyclic amines) is 1. The number of nitrogens with one attached hydrogen (secondary N) is 1. The minimum absolute atomic E-state index is 0.0829. The number of alkyl halides is 3. The van der Waals surface area contributed by atoms with Gasteiger partial charge in [0, 0.05) is 19.6 Å². The third-order valence-electron chi connectivity index (χ3n) is 4.22. The van der Waals surface area contributed by atoms with Crippen LogP contribution in [-0.2, 0) is 11.3 Å². The van der Waals surface area contributed by atoms with Gasteiger partial charge in [0.1, 0.15) is 11.4 Å². The molecule has 9 heteroatoms. The van der Waals surface area contributed by atoms with E-state index in [1.165, 1.54) is 12.1 Å². The second kappa shape index (κ2) is 9.22. The van der Waals surface area contributed by atoms with Crippen LogP contribution in [0.1, 0.15) is 39.2 Å². The average Bonchev–Trinajstić information content (AvgIpc) is 3.00. The van der Waals surface area contributed by atoms with Crippen molar-refractivity contribution < 1.29 is 27.4 Å². The van der Waals surface area contributed by atoms with Crippen LogP contribution in [0.4, 0.5) is 18.0 Å². The number of halogens is 4. The normalized spacial score (nSPS) is 17.7. The number of amides is 1. The summed E-state index contributed by atoms with van der Waals surface area (Å²) < 4.78 is 46.0. The molecule has 1 amide bonds. The van der Waals surface area contributed by atoms with E-state index in [-0.39, 0.29) is 11.1 Å². The molecule has 1 N–H and O–H groups in total. The monoisotopic (exact) mass is 422 g/mol. The number of carbonyl (C=O) groups is 1. The Morgan fingerprint density at radius 3 is 2.64 bits per heavy atom. The highest BCUT2D eigenvalue weighted by Crippen LogP contribution is 2.30. The Morgan fingerprint density at radius 1 is 1.32 bits per heavy atom. The zero-order chi connectivity index (χ0) is 20.9. The van der Waals surface area contributed by atoms with Crippen molar-refractivity contribution in [2.45, 2.75) is 52.1 Å². The third kappa shape index (κ3) is 7.75. The summed E-state index contributed by atoms with van der Waals surface area (Å²) >= 11 is 5.84. The van der Waals surface area contributed by atoms with Crippen LogP contribution in [0.5, 0.6) is 5.75 Å². The van der Waals surface area contributed by atoms with E-state index in [1.54, 1.807) is 11.0 Å². The van der Waals surface area contributed by atoms with Gasteiger partial charge in [0.05, 0.1) is 5.02 Å². The van der Waals surface area contributed by atoms with Crippen molar-refractivity contribution in [3.05, 3.63) is 28.8 Å². The highest BCUT2D eigenvalue weighted by atomic mass is 35.5. The van der Waals surface area contributed by atoms with Crippen molar-refractivity contribution in [2.75, 3.05) is 19.6 Å². The zero-order valence-electron chi connectivity index (χ0n) is 16.2. The molecule has 0 aliphatic carbocycles. The highest BCUT2D eigenvalue weighted by molar-refractivity contribution is 6.32. The molecule has 0 bridgehead atoms. The number of carbonyl (C=O) groups excluding carboxylic acids is 1. The van der Waals surface area contributed by atoms with Crippen LogP contribution in [-0.4, -0.2) is 42.6 Å². The molecule has 0 radical (unpaired) electrons. The van der Waals surface area contributed by atoms with Gasteiger partial charge in [-0.25, -0.2) is 4.79 Å². The van der Waals surface area contributed by atoms with Crippen molar-refractivity contribution in [1.29, 1.82) is 0 Å². The molecule has 1 fully saturated rings. The van der Waals surface area contributed by atoms with E-state index in [2.05, 4.69) is 10.1 Å². The molecule has 1 heterocycles. The molecule has 28 heavy (non-hydrogen) atoms. The summed E-state index contributed by atoms with van der Waals surface area (Å²) in [5.74, 6) is -0.0164. The van der Waals surface area contributed by atoms with Crippen molar-refractivity contribution in [3.8, 4) is 5.75 Å². The van der Waals surface area contributed by atoms with Crippen molar-refractivity contribution in [3.63, 3.8) is 0 Å². The molecule has 5 nitrogen and oxygen atoms in total. The summed E-state index contributed by atoms with van der Waals surface area (Å²) in [5.41, 5.74) is 0.264. The first-order valence-corrected chi connectivity index (χ1v) is 9.53. The second-order valence-corrected chi connectivity index (χ2v) is 8.27. The van der Waals surface area contributed by atoms with E-state index in [0.717, 1.165) is 24.9 Å². The summed E-state index contributed by atoms with van der Waals surface area (Å²) in [6.45, 7) is 8.10. The van der Waals surface area contributed by atoms with Crippen LogP contribution in [0.2, 0.25) is 5.02 Å². The van der Waals surface area contributed by atoms with Crippen LogP contribution in [0.25, 0.3) is 0 Å². The average molecular weight is 423 g/mol. The smallest absolute Gasteiger partial charge is 0.444 e. The lowest BCUT2D eigenvalue weighted by atomic mass is 10.1. The molecule has 0 aromatic heterocycles. The standard InChI is InChI=1S/C19H26ClF3N2O3/c1-18(2,3)28-17(26)25-9-7-13(12-25)6-8-24-11-14-4-5-16(15(20)10-14)27-19(21,22)23/h4-5,10,13,24H,6-9,11-12H2,1-3H3. The molecule has 1 saturated heterocycles. The Morgan fingerprint density at radius 2 is 2.04 bits per heavy atom. The molecular weight excluding hydrogens is 397 g/mol. The topological polar surface area (TPSA) is 50.8 Å². The fourth-order valence-electron chi connectivity index (χ4n) is 2.96. The largest absolute Gasteiger partial charge is 0.573 e. The van der Waals surface area contributed by atoms with Crippen molar-refractivity contribution >= 4 is 17.7 Å². The number of rotatable bonds is 6. The highest BCUT2D eigenvalue weighted by Gasteiger charge is 2.32. The summed E-state index contributed by atoms with van der Waals surface area (Å²) in [4.78, 5) is 13.8. The Labute approximate surface area is 168 Å². The lowest BCUT2D eigenvalue weighted by Crippen LogP contribution is -2.35. The van der Waals surface area contributed by atoms with Crippen LogP contribution < -0.4 is 10.1 Å². The summed E-state index contributed by atoms with van der Waals surface area (Å²) in [6.07, 6.45) is -3.23. The lowest BCUT2D eigenvalue weighted by Gasteiger charge is -2.24. The van der Waals surface area contributed by atoms with Gasteiger partial charge >= 0.3 is 12.5 Å². The lowest BCUT2D eigenvalue weighted by molar-refractivity contribution is -0.274. The number of ether oxygens (including phenoxy) is 2. The fraction of sp³-hybridized carbons (Fsp3) is 0.632. The van der Waals surface area contributed by atoms with Crippen molar-refractivity contribution in [1.82, 2.24) is 10.2 Å². The van der Waals surface area contributed by atoms with Gasteiger partial charge in [0.15, 0.2) is 0 Å². The molecule has 1 aliphatic heterocycles. The van der Waals surface area contributed by atoms with E-state index in [1.807, 2.05) is 20.8 Å². The van der Waals surface area contributed by atoms with Gasteiger partial charge in [-0.2, -0.15) is 0 Å². The van der Waals surface area contributed by atoms with Crippen LogP contribution >= 0.6 is 11.6 Å². The maximum atomic E-state index is 12.3. The van der Waals surface area contributed by atoms with Crippen LogP contribution in [0.3, 0.4) is 0 Å². The predicted octanol–water partition coefficient (Wildman–Crippen LogP) is 4.98. The van der Waals surface area contributed by atoms with Crippen LogP contribution in [0.15, 0.2) is 18.2 Å². The van der Waals surface area contributed by atoms with Gasteiger partial charge in [-0.05, 0) is 63.8 Å². The first-order valence-electron chi connectivity index (χ1n) is 9.16. The number of hydrogen-bond donors (Lipinski definition) is 1. The summed E-state index contributed by atoms with van der Waals surface area (Å²) in [5, 5.41) is 3.17. The van der Waals surface area contributed by atoms with E-state index in [0.29, 0.717) is 25.6 Å². The van der Waals surface area contributed by atoms with E-state index in [9.17, 15) is 18.0 Å². The van der Waals surface area contributed by atoms with Crippen molar-refractivity contribution in [2.24, 2.45) is 5.92 Å². The van der Waals surface area contributed by atoms with E-state index in [4.69, 9.17) is 16.3 Å². The number of nitrogens with zero attached hydrogens (tertiary/aromatic N) is 1. The fourth-order valence-corrected chi connectivity index (χ4v) is 3.20. The quantitative estimate of drug-likeness (QED) is 0.657. The van der Waals surface area contributed by atoms with E-state index < -0.39 is 17.7 Å².